The molecule has 1 N–H and O–H groups in total. The van der Waals surface area contributed by atoms with Crippen LogP contribution in [0.3, 0.4) is 0 Å². The molecule has 0 unspecified atom stereocenters. The first kappa shape index (κ1) is 16.1. The van der Waals surface area contributed by atoms with E-state index in [2.05, 4.69) is 31.4 Å². The molecular weight excluding hydrogens is 384 g/mol. The van der Waals surface area contributed by atoms with Gasteiger partial charge in [-0.2, -0.15) is 4.98 Å². The number of imide groups is 1. The molecule has 122 valence electrons. The highest BCUT2D eigenvalue weighted by atomic mass is 79.9. The van der Waals surface area contributed by atoms with Crippen molar-refractivity contribution in [2.45, 2.75) is 32.9 Å². The molecule has 3 rings (SSSR count). The summed E-state index contributed by atoms with van der Waals surface area (Å²) in [6.07, 6.45) is 0.610. The van der Waals surface area contributed by atoms with Crippen molar-refractivity contribution in [3.63, 3.8) is 0 Å². The van der Waals surface area contributed by atoms with E-state index in [1.807, 2.05) is 26.0 Å². The number of carbonyl (C=O) groups excluding carboxylic acids is 2. The molecule has 1 saturated heterocycles. The quantitative estimate of drug-likeness (QED) is 0.781. The Morgan fingerprint density at radius 1 is 1.43 bits per heavy atom. The Hall–Kier alpha value is -1.74. The highest BCUT2D eigenvalue weighted by Crippen LogP contribution is 2.29. The maximum atomic E-state index is 12.3. The van der Waals surface area contributed by atoms with Crippen molar-refractivity contribution in [3.8, 4) is 10.7 Å². The Labute approximate surface area is 145 Å². The van der Waals surface area contributed by atoms with Crippen molar-refractivity contribution >= 4 is 39.2 Å². The predicted molar refractivity (Wildman–Crippen MR) is 87.6 cm³/mol. The molecule has 1 aliphatic heterocycles. The van der Waals surface area contributed by atoms with Crippen molar-refractivity contribution < 1.29 is 14.1 Å². The average molecular weight is 399 g/mol. The summed E-state index contributed by atoms with van der Waals surface area (Å²) in [7, 11) is 0. The van der Waals surface area contributed by atoms with Gasteiger partial charge in [-0.1, -0.05) is 19.0 Å². The summed E-state index contributed by atoms with van der Waals surface area (Å²) in [6, 6.07) is 2.87. The van der Waals surface area contributed by atoms with Crippen molar-refractivity contribution in [1.82, 2.24) is 20.4 Å². The fourth-order valence-electron chi connectivity index (χ4n) is 2.35. The van der Waals surface area contributed by atoms with Gasteiger partial charge in [0.2, 0.25) is 11.7 Å². The van der Waals surface area contributed by atoms with Gasteiger partial charge in [0.25, 0.3) is 5.91 Å². The highest BCUT2D eigenvalue weighted by Gasteiger charge is 2.38. The van der Waals surface area contributed by atoms with Crippen molar-refractivity contribution in [2.75, 3.05) is 0 Å². The lowest BCUT2D eigenvalue weighted by Crippen LogP contribution is -2.31. The Morgan fingerprint density at radius 3 is 2.87 bits per heavy atom. The van der Waals surface area contributed by atoms with Crippen LogP contribution in [0.5, 0.6) is 0 Å². The second kappa shape index (κ2) is 6.40. The van der Waals surface area contributed by atoms with Crippen LogP contribution >= 0.6 is 27.3 Å². The van der Waals surface area contributed by atoms with Crippen LogP contribution in [0.15, 0.2) is 20.4 Å². The van der Waals surface area contributed by atoms with Gasteiger partial charge in [0.1, 0.15) is 12.6 Å². The molecule has 3 heterocycles. The molecule has 0 aliphatic carbocycles. The minimum atomic E-state index is -0.474. The van der Waals surface area contributed by atoms with Crippen LogP contribution < -0.4 is 5.32 Å². The zero-order valence-corrected chi connectivity index (χ0v) is 15.0. The molecule has 2 aromatic rings. The third-order valence-electron chi connectivity index (χ3n) is 3.37. The first-order valence-electron chi connectivity index (χ1n) is 7.14. The smallest absolute Gasteiger partial charge is 0.325 e. The van der Waals surface area contributed by atoms with E-state index in [1.165, 1.54) is 11.3 Å². The number of nitrogens with one attached hydrogen (secondary N) is 1. The highest BCUT2D eigenvalue weighted by molar-refractivity contribution is 9.11. The zero-order chi connectivity index (χ0) is 16.6. The van der Waals surface area contributed by atoms with Crippen LogP contribution in [0.4, 0.5) is 4.79 Å². The molecule has 0 radical (unpaired) electrons. The fourth-order valence-corrected chi connectivity index (χ4v) is 3.66. The molecule has 9 heteroatoms. The maximum absolute atomic E-state index is 12.3. The maximum Gasteiger partial charge on any atom is 0.325 e. The van der Waals surface area contributed by atoms with E-state index < -0.39 is 12.1 Å². The predicted octanol–water partition coefficient (Wildman–Crippen LogP) is 3.03. The van der Waals surface area contributed by atoms with Crippen LogP contribution in [0.2, 0.25) is 0 Å². The molecule has 0 saturated carbocycles. The normalized spacial score (nSPS) is 18.1. The molecule has 1 aliphatic rings. The number of aromatic nitrogens is 2. The summed E-state index contributed by atoms with van der Waals surface area (Å²) >= 11 is 4.85. The van der Waals surface area contributed by atoms with Gasteiger partial charge in [0.15, 0.2) is 0 Å². The third-order valence-corrected chi connectivity index (χ3v) is 4.99. The largest absolute Gasteiger partial charge is 0.337 e. The molecule has 1 atom stereocenters. The number of thiophene rings is 1. The average Bonchev–Trinajstić information content (AvgIpc) is 3.16. The van der Waals surface area contributed by atoms with E-state index in [4.69, 9.17) is 4.52 Å². The molecule has 2 aromatic heterocycles. The Balaban J connectivity index is 1.71. The molecule has 0 bridgehead atoms. The number of amides is 3. The van der Waals surface area contributed by atoms with Gasteiger partial charge >= 0.3 is 6.03 Å². The molecular formula is C14H15BrN4O3S. The molecule has 1 fully saturated rings. The first-order chi connectivity index (χ1) is 10.9. The SMILES string of the molecule is CC(C)C[C@@H]1NC(=O)N(Cc2nc(-c3ccc(Br)s3)no2)C1=O. The second-order valence-corrected chi connectivity index (χ2v) is 8.13. The third kappa shape index (κ3) is 3.45. The summed E-state index contributed by atoms with van der Waals surface area (Å²) in [6.45, 7) is 4.00. The minimum Gasteiger partial charge on any atom is -0.337 e. The van der Waals surface area contributed by atoms with E-state index >= 15 is 0 Å². The van der Waals surface area contributed by atoms with E-state index in [-0.39, 0.29) is 18.3 Å². The number of carbonyl (C=O) groups is 2. The van der Waals surface area contributed by atoms with E-state index in [1.54, 1.807) is 0 Å². The van der Waals surface area contributed by atoms with E-state index in [9.17, 15) is 9.59 Å². The zero-order valence-electron chi connectivity index (χ0n) is 12.6. The van der Waals surface area contributed by atoms with E-state index in [0.717, 1.165) is 13.6 Å². The standard InChI is InChI=1S/C14H15BrN4O3S/c1-7(2)5-8-13(20)19(14(21)16-8)6-11-17-12(18-22-11)9-3-4-10(15)23-9/h3-4,7-8H,5-6H2,1-2H3,(H,16,21)/t8-/m0/s1. The number of rotatable bonds is 5. The van der Waals surface area contributed by atoms with Crippen molar-refractivity contribution in [1.29, 1.82) is 0 Å². The van der Waals surface area contributed by atoms with Crippen molar-refractivity contribution in [2.24, 2.45) is 5.92 Å². The van der Waals surface area contributed by atoms with Crippen LogP contribution in [-0.4, -0.2) is 33.0 Å². The number of urea groups is 1. The molecule has 0 aromatic carbocycles. The summed E-state index contributed by atoms with van der Waals surface area (Å²) in [5.74, 6) is 0.749. The van der Waals surface area contributed by atoms with Gasteiger partial charge in [0, 0.05) is 0 Å². The lowest BCUT2D eigenvalue weighted by molar-refractivity contribution is -0.128. The Bertz CT molecular complexity index is 742. The fraction of sp³-hybridized carbons (Fsp3) is 0.429. The summed E-state index contributed by atoms with van der Waals surface area (Å²) in [5.41, 5.74) is 0. The van der Waals surface area contributed by atoms with Gasteiger partial charge in [-0.15, -0.1) is 11.3 Å². The lowest BCUT2D eigenvalue weighted by Gasteiger charge is -2.11. The minimum absolute atomic E-state index is 0.0151. The second-order valence-electron chi connectivity index (χ2n) is 5.67. The number of hydrogen-bond acceptors (Lipinski definition) is 6. The van der Waals surface area contributed by atoms with Gasteiger partial charge in [-0.25, -0.2) is 4.79 Å². The van der Waals surface area contributed by atoms with Crippen LogP contribution in [-0.2, 0) is 11.3 Å². The van der Waals surface area contributed by atoms with Gasteiger partial charge in [-0.3, -0.25) is 9.69 Å². The van der Waals surface area contributed by atoms with Gasteiger partial charge in [-0.05, 0) is 40.4 Å². The monoisotopic (exact) mass is 398 g/mol. The van der Waals surface area contributed by atoms with Crippen LogP contribution in [0.25, 0.3) is 10.7 Å². The van der Waals surface area contributed by atoms with Crippen molar-refractivity contribution in [3.05, 3.63) is 21.8 Å². The molecule has 23 heavy (non-hydrogen) atoms. The van der Waals surface area contributed by atoms with E-state index in [0.29, 0.717) is 18.2 Å². The number of hydrogen-bond donors (Lipinski definition) is 1. The molecule has 0 spiro atoms. The number of nitrogens with zero attached hydrogens (tertiary/aromatic N) is 3. The lowest BCUT2D eigenvalue weighted by atomic mass is 10.0. The summed E-state index contributed by atoms with van der Waals surface area (Å²) < 4.78 is 6.12. The molecule has 7 nitrogen and oxygen atoms in total. The van der Waals surface area contributed by atoms with Gasteiger partial charge < -0.3 is 9.84 Å². The Morgan fingerprint density at radius 2 is 2.22 bits per heavy atom. The first-order valence-corrected chi connectivity index (χ1v) is 8.75. The number of halogens is 1. The van der Waals surface area contributed by atoms with Crippen LogP contribution in [0, 0.1) is 5.92 Å². The summed E-state index contributed by atoms with van der Waals surface area (Å²) in [4.78, 5) is 30.5. The molecule has 3 amide bonds. The Kier molecular flexibility index (Phi) is 4.49. The van der Waals surface area contributed by atoms with Crippen LogP contribution in [0.1, 0.15) is 26.2 Å². The summed E-state index contributed by atoms with van der Waals surface area (Å²) in [5, 5.41) is 6.58. The van der Waals surface area contributed by atoms with Gasteiger partial charge in [0.05, 0.1) is 8.66 Å². The topological polar surface area (TPSA) is 88.3 Å².